The molecule has 0 spiro atoms. The van der Waals surface area contributed by atoms with Gasteiger partial charge < -0.3 is 20.5 Å². The van der Waals surface area contributed by atoms with Crippen molar-refractivity contribution in [3.63, 3.8) is 0 Å². The van der Waals surface area contributed by atoms with Crippen LogP contribution in [0.3, 0.4) is 0 Å². The molecule has 5 heteroatoms. The molecule has 1 aromatic carbocycles. The molecule has 0 bridgehead atoms. The van der Waals surface area contributed by atoms with Crippen LogP contribution in [0, 0.1) is 5.92 Å². The van der Waals surface area contributed by atoms with Crippen molar-refractivity contribution in [2.45, 2.75) is 26.3 Å². The zero-order chi connectivity index (χ0) is 15.1. The minimum Gasteiger partial charge on any atom is -0.504 e. The number of nitrogens with two attached hydrogens (primary N) is 1. The molecular weight excluding hydrogens is 256 g/mol. The highest BCUT2D eigenvalue weighted by molar-refractivity contribution is 5.78. The molecule has 1 amide bonds. The van der Waals surface area contributed by atoms with Gasteiger partial charge in [0.05, 0.1) is 7.11 Å². The van der Waals surface area contributed by atoms with Crippen molar-refractivity contribution in [1.82, 2.24) is 4.90 Å². The number of phenolic OH excluding ortho intramolecular Hbond substituents is 1. The second-order valence-electron chi connectivity index (χ2n) is 5.03. The van der Waals surface area contributed by atoms with E-state index in [0.29, 0.717) is 18.8 Å². The van der Waals surface area contributed by atoms with Crippen molar-refractivity contribution in [3.05, 3.63) is 23.8 Å². The Morgan fingerprint density at radius 2 is 2.20 bits per heavy atom. The maximum Gasteiger partial charge on any atom is 0.225 e. The molecule has 0 aliphatic heterocycles. The van der Waals surface area contributed by atoms with Crippen LogP contribution in [0.4, 0.5) is 0 Å². The smallest absolute Gasteiger partial charge is 0.225 e. The summed E-state index contributed by atoms with van der Waals surface area (Å²) < 4.78 is 5.06. The van der Waals surface area contributed by atoms with E-state index in [1.807, 2.05) is 6.92 Å². The molecule has 0 heterocycles. The Bertz CT molecular complexity index is 449. The van der Waals surface area contributed by atoms with E-state index < -0.39 is 0 Å². The lowest BCUT2D eigenvalue weighted by Gasteiger charge is -2.21. The summed E-state index contributed by atoms with van der Waals surface area (Å²) in [5.74, 6) is 0.592. The lowest BCUT2D eigenvalue weighted by molar-refractivity contribution is -0.134. The van der Waals surface area contributed by atoms with Gasteiger partial charge in [-0.15, -0.1) is 0 Å². The zero-order valence-corrected chi connectivity index (χ0v) is 12.4. The largest absolute Gasteiger partial charge is 0.504 e. The first kappa shape index (κ1) is 16.3. The van der Waals surface area contributed by atoms with E-state index in [1.54, 1.807) is 30.1 Å². The summed E-state index contributed by atoms with van der Waals surface area (Å²) in [6.45, 7) is 3.02. The molecule has 1 rings (SSSR count). The van der Waals surface area contributed by atoms with Gasteiger partial charge in [0.2, 0.25) is 5.91 Å². The monoisotopic (exact) mass is 280 g/mol. The van der Waals surface area contributed by atoms with Crippen LogP contribution in [-0.2, 0) is 11.3 Å². The number of benzene rings is 1. The van der Waals surface area contributed by atoms with E-state index >= 15 is 0 Å². The van der Waals surface area contributed by atoms with Gasteiger partial charge in [-0.25, -0.2) is 0 Å². The first-order chi connectivity index (χ1) is 9.49. The number of nitrogens with zero attached hydrogens (tertiary/aromatic N) is 1. The standard InChI is InChI=1S/C15H24N2O3/c1-11(5-4-8-16)15(19)17(2)10-12-6-7-13(18)14(9-12)20-3/h6-7,9,11,18H,4-5,8,10,16H2,1-3H3. The molecule has 1 atom stereocenters. The molecule has 0 radical (unpaired) electrons. The topological polar surface area (TPSA) is 75.8 Å². The summed E-state index contributed by atoms with van der Waals surface area (Å²) in [5, 5.41) is 9.55. The number of methoxy groups -OCH3 is 1. The first-order valence-corrected chi connectivity index (χ1v) is 6.80. The van der Waals surface area contributed by atoms with Crippen LogP contribution in [0.2, 0.25) is 0 Å². The fourth-order valence-electron chi connectivity index (χ4n) is 2.10. The Balaban J connectivity index is 2.65. The van der Waals surface area contributed by atoms with Gasteiger partial charge in [-0.1, -0.05) is 13.0 Å². The second kappa shape index (κ2) is 7.75. The molecular formula is C15H24N2O3. The third-order valence-electron chi connectivity index (χ3n) is 3.30. The van der Waals surface area contributed by atoms with E-state index in [0.717, 1.165) is 18.4 Å². The predicted octanol–water partition coefficient (Wildman–Crippen LogP) is 1.73. The predicted molar refractivity (Wildman–Crippen MR) is 78.6 cm³/mol. The number of aromatic hydroxyl groups is 1. The van der Waals surface area contributed by atoms with Crippen LogP contribution in [0.25, 0.3) is 0 Å². The Hall–Kier alpha value is -1.75. The molecule has 5 nitrogen and oxygen atoms in total. The molecule has 1 unspecified atom stereocenters. The quantitative estimate of drug-likeness (QED) is 0.797. The molecule has 0 saturated heterocycles. The molecule has 0 fully saturated rings. The van der Waals surface area contributed by atoms with Gasteiger partial charge in [0.15, 0.2) is 11.5 Å². The average molecular weight is 280 g/mol. The SMILES string of the molecule is COc1cc(CN(C)C(=O)C(C)CCCN)ccc1O. The van der Waals surface area contributed by atoms with Crippen LogP contribution >= 0.6 is 0 Å². The fourth-order valence-corrected chi connectivity index (χ4v) is 2.10. The number of phenols is 1. The van der Waals surface area contributed by atoms with Crippen LogP contribution < -0.4 is 10.5 Å². The maximum absolute atomic E-state index is 12.2. The Morgan fingerprint density at radius 1 is 1.50 bits per heavy atom. The van der Waals surface area contributed by atoms with E-state index in [4.69, 9.17) is 10.5 Å². The second-order valence-corrected chi connectivity index (χ2v) is 5.03. The van der Waals surface area contributed by atoms with Gasteiger partial charge in [-0.2, -0.15) is 0 Å². The Morgan fingerprint density at radius 3 is 2.80 bits per heavy atom. The van der Waals surface area contributed by atoms with E-state index in [2.05, 4.69) is 0 Å². The lowest BCUT2D eigenvalue weighted by atomic mass is 10.0. The number of carbonyl (C=O) groups is 1. The van der Waals surface area contributed by atoms with Crippen LogP contribution in [0.5, 0.6) is 11.5 Å². The average Bonchev–Trinajstić information content (AvgIpc) is 2.45. The molecule has 3 N–H and O–H groups in total. The maximum atomic E-state index is 12.2. The van der Waals surface area contributed by atoms with Gasteiger partial charge >= 0.3 is 0 Å². The highest BCUT2D eigenvalue weighted by atomic mass is 16.5. The number of rotatable bonds is 7. The van der Waals surface area contributed by atoms with Crippen LogP contribution in [0.15, 0.2) is 18.2 Å². The molecule has 0 aliphatic carbocycles. The molecule has 1 aromatic rings. The van der Waals surface area contributed by atoms with Crippen molar-refractivity contribution < 1.29 is 14.6 Å². The number of hydrogen-bond acceptors (Lipinski definition) is 4. The summed E-state index contributed by atoms with van der Waals surface area (Å²) in [5.41, 5.74) is 6.38. The van der Waals surface area contributed by atoms with E-state index in [1.165, 1.54) is 7.11 Å². The minimum atomic E-state index is -0.0254. The Labute approximate surface area is 120 Å². The van der Waals surface area contributed by atoms with Crippen LogP contribution in [0.1, 0.15) is 25.3 Å². The zero-order valence-electron chi connectivity index (χ0n) is 12.4. The van der Waals surface area contributed by atoms with Crippen molar-refractivity contribution in [2.75, 3.05) is 20.7 Å². The summed E-state index contributed by atoms with van der Waals surface area (Å²) in [6, 6.07) is 5.10. The van der Waals surface area contributed by atoms with E-state index in [9.17, 15) is 9.90 Å². The minimum absolute atomic E-state index is 0.0254. The third kappa shape index (κ3) is 4.42. The Kier molecular flexibility index (Phi) is 6.31. The van der Waals surface area contributed by atoms with Gasteiger partial charge in [0.1, 0.15) is 0 Å². The molecule has 112 valence electrons. The molecule has 0 aromatic heterocycles. The molecule has 0 saturated carbocycles. The number of hydrogen-bond donors (Lipinski definition) is 2. The van der Waals surface area contributed by atoms with Gasteiger partial charge in [0.25, 0.3) is 0 Å². The van der Waals surface area contributed by atoms with Gasteiger partial charge in [0, 0.05) is 19.5 Å². The summed E-state index contributed by atoms with van der Waals surface area (Å²) >= 11 is 0. The summed E-state index contributed by atoms with van der Waals surface area (Å²) in [4.78, 5) is 13.9. The first-order valence-electron chi connectivity index (χ1n) is 6.80. The molecule has 20 heavy (non-hydrogen) atoms. The van der Waals surface area contributed by atoms with Crippen molar-refractivity contribution in [2.24, 2.45) is 11.7 Å². The van der Waals surface area contributed by atoms with Crippen molar-refractivity contribution in [3.8, 4) is 11.5 Å². The number of carbonyl (C=O) groups excluding carboxylic acids is 1. The van der Waals surface area contributed by atoms with Gasteiger partial charge in [-0.3, -0.25) is 4.79 Å². The summed E-state index contributed by atoms with van der Waals surface area (Å²) in [7, 11) is 3.28. The number of amides is 1. The molecule has 0 aliphatic rings. The number of ether oxygens (including phenoxy) is 1. The van der Waals surface area contributed by atoms with Crippen LogP contribution in [-0.4, -0.2) is 36.6 Å². The summed E-state index contributed by atoms with van der Waals surface area (Å²) in [6.07, 6.45) is 1.66. The lowest BCUT2D eigenvalue weighted by Crippen LogP contribution is -2.31. The van der Waals surface area contributed by atoms with E-state index in [-0.39, 0.29) is 17.6 Å². The fraction of sp³-hybridized carbons (Fsp3) is 0.533. The highest BCUT2D eigenvalue weighted by Gasteiger charge is 2.17. The normalized spacial score (nSPS) is 12.0. The van der Waals surface area contributed by atoms with Crippen molar-refractivity contribution >= 4 is 5.91 Å². The van der Waals surface area contributed by atoms with Gasteiger partial charge in [-0.05, 0) is 37.1 Å². The third-order valence-corrected chi connectivity index (χ3v) is 3.30. The van der Waals surface area contributed by atoms with Crippen molar-refractivity contribution in [1.29, 1.82) is 0 Å². The highest BCUT2D eigenvalue weighted by Crippen LogP contribution is 2.26.